The highest BCUT2D eigenvalue weighted by Gasteiger charge is 2.12. The van der Waals surface area contributed by atoms with E-state index in [0.717, 1.165) is 18.0 Å². The van der Waals surface area contributed by atoms with Gasteiger partial charge in [0.1, 0.15) is 12.4 Å². The standard InChI is InChI=1S/C14H25N3O/c1-11(2)17(12(3)4)7-8-18-14-5-6-16-13(9-14)10-15/h5-6,9,11-12H,7-8,10,15H2,1-4H3. The number of hydrogen-bond donors (Lipinski definition) is 1. The van der Waals surface area contributed by atoms with Gasteiger partial charge in [-0.15, -0.1) is 0 Å². The summed E-state index contributed by atoms with van der Waals surface area (Å²) in [6, 6.07) is 4.83. The van der Waals surface area contributed by atoms with Gasteiger partial charge in [-0.1, -0.05) is 0 Å². The summed E-state index contributed by atoms with van der Waals surface area (Å²) in [5.41, 5.74) is 6.41. The topological polar surface area (TPSA) is 51.4 Å². The van der Waals surface area contributed by atoms with Crippen LogP contribution in [0.25, 0.3) is 0 Å². The van der Waals surface area contributed by atoms with Gasteiger partial charge in [0.25, 0.3) is 0 Å². The van der Waals surface area contributed by atoms with Crippen molar-refractivity contribution < 1.29 is 4.74 Å². The van der Waals surface area contributed by atoms with E-state index in [1.807, 2.05) is 12.1 Å². The normalized spacial score (nSPS) is 11.6. The highest BCUT2D eigenvalue weighted by molar-refractivity contribution is 5.22. The second kappa shape index (κ2) is 7.34. The molecule has 102 valence electrons. The summed E-state index contributed by atoms with van der Waals surface area (Å²) in [5.74, 6) is 0.845. The van der Waals surface area contributed by atoms with E-state index in [2.05, 4.69) is 37.6 Å². The Morgan fingerprint density at radius 1 is 1.28 bits per heavy atom. The van der Waals surface area contributed by atoms with Crippen LogP contribution in [0, 0.1) is 0 Å². The second-order valence-corrected chi connectivity index (χ2v) is 4.96. The summed E-state index contributed by atoms with van der Waals surface area (Å²) in [6.07, 6.45) is 1.74. The zero-order valence-electron chi connectivity index (χ0n) is 11.9. The Labute approximate surface area is 110 Å². The highest BCUT2D eigenvalue weighted by Crippen LogP contribution is 2.11. The van der Waals surface area contributed by atoms with Crippen molar-refractivity contribution in [3.8, 4) is 5.75 Å². The summed E-state index contributed by atoms with van der Waals surface area (Å²) >= 11 is 0. The van der Waals surface area contributed by atoms with E-state index >= 15 is 0 Å². The van der Waals surface area contributed by atoms with Crippen molar-refractivity contribution in [2.75, 3.05) is 13.2 Å². The molecule has 0 fully saturated rings. The van der Waals surface area contributed by atoms with Gasteiger partial charge in [-0.3, -0.25) is 9.88 Å². The smallest absolute Gasteiger partial charge is 0.122 e. The number of rotatable bonds is 7. The van der Waals surface area contributed by atoms with E-state index in [1.165, 1.54) is 0 Å². The van der Waals surface area contributed by atoms with Crippen LogP contribution >= 0.6 is 0 Å². The van der Waals surface area contributed by atoms with E-state index < -0.39 is 0 Å². The first-order valence-corrected chi connectivity index (χ1v) is 6.58. The van der Waals surface area contributed by atoms with Crippen molar-refractivity contribution in [3.05, 3.63) is 24.0 Å². The lowest BCUT2D eigenvalue weighted by Crippen LogP contribution is -2.39. The van der Waals surface area contributed by atoms with Gasteiger partial charge in [-0.25, -0.2) is 0 Å². The molecule has 1 rings (SSSR count). The molecule has 0 saturated heterocycles. The number of ether oxygens (including phenoxy) is 1. The highest BCUT2D eigenvalue weighted by atomic mass is 16.5. The third-order valence-electron chi connectivity index (χ3n) is 2.94. The van der Waals surface area contributed by atoms with Crippen molar-refractivity contribution in [1.82, 2.24) is 9.88 Å². The third-order valence-corrected chi connectivity index (χ3v) is 2.94. The summed E-state index contributed by atoms with van der Waals surface area (Å²) in [6.45, 7) is 10.9. The first-order valence-electron chi connectivity index (χ1n) is 6.58. The lowest BCUT2D eigenvalue weighted by Gasteiger charge is -2.30. The maximum Gasteiger partial charge on any atom is 0.122 e. The Morgan fingerprint density at radius 2 is 1.94 bits per heavy atom. The van der Waals surface area contributed by atoms with Crippen molar-refractivity contribution in [3.63, 3.8) is 0 Å². The molecule has 0 aliphatic rings. The molecule has 1 heterocycles. The average molecular weight is 251 g/mol. The van der Waals surface area contributed by atoms with Gasteiger partial charge in [0.2, 0.25) is 0 Å². The lowest BCUT2D eigenvalue weighted by molar-refractivity contribution is 0.142. The van der Waals surface area contributed by atoms with E-state index in [0.29, 0.717) is 25.2 Å². The molecule has 0 radical (unpaired) electrons. The zero-order valence-corrected chi connectivity index (χ0v) is 11.9. The van der Waals surface area contributed by atoms with Crippen LogP contribution in [0.5, 0.6) is 5.75 Å². The van der Waals surface area contributed by atoms with Crippen molar-refractivity contribution >= 4 is 0 Å². The third kappa shape index (κ3) is 4.63. The van der Waals surface area contributed by atoms with Crippen LogP contribution in [0.3, 0.4) is 0 Å². The molecule has 4 nitrogen and oxygen atoms in total. The quantitative estimate of drug-likeness (QED) is 0.805. The van der Waals surface area contributed by atoms with Crippen LogP contribution in [0.4, 0.5) is 0 Å². The molecule has 1 aromatic heterocycles. The van der Waals surface area contributed by atoms with Gasteiger partial charge in [0, 0.05) is 37.4 Å². The van der Waals surface area contributed by atoms with E-state index in [-0.39, 0.29) is 0 Å². The van der Waals surface area contributed by atoms with E-state index in [9.17, 15) is 0 Å². The van der Waals surface area contributed by atoms with Gasteiger partial charge >= 0.3 is 0 Å². The van der Waals surface area contributed by atoms with Crippen LogP contribution in [0.15, 0.2) is 18.3 Å². The molecule has 0 aliphatic carbocycles. The largest absolute Gasteiger partial charge is 0.492 e. The molecule has 0 aliphatic heterocycles. The second-order valence-electron chi connectivity index (χ2n) is 4.96. The van der Waals surface area contributed by atoms with Crippen molar-refractivity contribution in [2.45, 2.75) is 46.3 Å². The molecule has 0 atom stereocenters. The molecule has 0 unspecified atom stereocenters. The van der Waals surface area contributed by atoms with Crippen molar-refractivity contribution in [1.29, 1.82) is 0 Å². The molecule has 0 aromatic carbocycles. The number of aromatic nitrogens is 1. The fourth-order valence-electron chi connectivity index (χ4n) is 2.04. The summed E-state index contributed by atoms with van der Waals surface area (Å²) in [5, 5.41) is 0. The molecule has 4 heteroatoms. The zero-order chi connectivity index (χ0) is 13.5. The van der Waals surface area contributed by atoms with E-state index in [1.54, 1.807) is 6.20 Å². The Balaban J connectivity index is 2.44. The molecular formula is C14H25N3O. The Morgan fingerprint density at radius 3 is 2.50 bits per heavy atom. The first kappa shape index (κ1) is 14.9. The average Bonchev–Trinajstić information content (AvgIpc) is 2.34. The molecule has 2 N–H and O–H groups in total. The van der Waals surface area contributed by atoms with Crippen LogP contribution in [0.1, 0.15) is 33.4 Å². The molecular weight excluding hydrogens is 226 g/mol. The maximum atomic E-state index is 5.74. The summed E-state index contributed by atoms with van der Waals surface area (Å²) in [4.78, 5) is 6.55. The predicted molar refractivity (Wildman–Crippen MR) is 74.6 cm³/mol. The van der Waals surface area contributed by atoms with Gasteiger partial charge < -0.3 is 10.5 Å². The minimum Gasteiger partial charge on any atom is -0.492 e. The van der Waals surface area contributed by atoms with Crippen molar-refractivity contribution in [2.24, 2.45) is 5.73 Å². The minimum atomic E-state index is 0.446. The summed E-state index contributed by atoms with van der Waals surface area (Å²) in [7, 11) is 0. The molecule has 1 aromatic rings. The SMILES string of the molecule is CC(C)N(CCOc1ccnc(CN)c1)C(C)C. The van der Waals surface area contributed by atoms with Gasteiger partial charge in [0.05, 0.1) is 5.69 Å². The fourth-order valence-corrected chi connectivity index (χ4v) is 2.04. The van der Waals surface area contributed by atoms with Crippen LogP contribution < -0.4 is 10.5 Å². The maximum absolute atomic E-state index is 5.74. The molecule has 0 saturated carbocycles. The van der Waals surface area contributed by atoms with Gasteiger partial charge in [0.15, 0.2) is 0 Å². The Kier molecular flexibility index (Phi) is 6.09. The minimum absolute atomic E-state index is 0.446. The molecule has 0 bridgehead atoms. The van der Waals surface area contributed by atoms with Crippen LogP contribution in [0.2, 0.25) is 0 Å². The summed E-state index contributed by atoms with van der Waals surface area (Å²) < 4.78 is 5.74. The van der Waals surface area contributed by atoms with E-state index in [4.69, 9.17) is 10.5 Å². The van der Waals surface area contributed by atoms with Crippen LogP contribution in [-0.4, -0.2) is 35.1 Å². The molecule has 18 heavy (non-hydrogen) atoms. The first-order chi connectivity index (χ1) is 8.54. The number of nitrogens with two attached hydrogens (primary N) is 1. The Hall–Kier alpha value is -1.13. The predicted octanol–water partition coefficient (Wildman–Crippen LogP) is 2.04. The van der Waals surface area contributed by atoms with Gasteiger partial charge in [-0.2, -0.15) is 0 Å². The monoisotopic (exact) mass is 251 g/mol. The Bertz CT molecular complexity index is 345. The number of pyridine rings is 1. The van der Waals surface area contributed by atoms with Crippen LogP contribution in [-0.2, 0) is 6.54 Å². The number of nitrogens with zero attached hydrogens (tertiary/aromatic N) is 2. The molecule has 0 spiro atoms. The number of hydrogen-bond acceptors (Lipinski definition) is 4. The van der Waals surface area contributed by atoms with Gasteiger partial charge in [-0.05, 0) is 33.8 Å². The molecule has 0 amide bonds. The lowest BCUT2D eigenvalue weighted by atomic mass is 10.2. The fraction of sp³-hybridized carbons (Fsp3) is 0.643.